The lowest BCUT2D eigenvalue weighted by Crippen LogP contribution is -2.22. The van der Waals surface area contributed by atoms with Crippen molar-refractivity contribution in [3.05, 3.63) is 23.3 Å². The quantitative estimate of drug-likeness (QED) is 0.536. The van der Waals surface area contributed by atoms with Gasteiger partial charge in [-0.3, -0.25) is 0 Å². The van der Waals surface area contributed by atoms with E-state index in [4.69, 9.17) is 0 Å². The van der Waals surface area contributed by atoms with Gasteiger partial charge in [0.05, 0.1) is 6.61 Å². The van der Waals surface area contributed by atoms with E-state index < -0.39 is 0 Å². The lowest BCUT2D eigenvalue weighted by molar-refractivity contribution is 0.124. The van der Waals surface area contributed by atoms with Crippen LogP contribution in [0.3, 0.4) is 0 Å². The lowest BCUT2D eigenvalue weighted by atomic mass is 9.99. The zero-order valence-electron chi connectivity index (χ0n) is 16.5. The van der Waals surface area contributed by atoms with Crippen LogP contribution in [0, 0.1) is 6.92 Å². The summed E-state index contributed by atoms with van der Waals surface area (Å²) >= 11 is 2.15. The van der Waals surface area contributed by atoms with Gasteiger partial charge >= 0.3 is 6.09 Å². The van der Waals surface area contributed by atoms with E-state index in [1.165, 1.54) is 10.6 Å². The highest BCUT2D eigenvalue weighted by molar-refractivity contribution is 14.1. The van der Waals surface area contributed by atoms with Gasteiger partial charge in [0.15, 0.2) is 0 Å². The van der Waals surface area contributed by atoms with E-state index in [0.717, 1.165) is 11.1 Å². The molecule has 140 valence electrons. The van der Waals surface area contributed by atoms with Crippen LogP contribution < -0.4 is 4.90 Å². The van der Waals surface area contributed by atoms with Crippen LogP contribution in [0.2, 0.25) is 0 Å². The van der Waals surface area contributed by atoms with E-state index in [2.05, 4.69) is 52.1 Å². The maximum absolute atomic E-state index is 10.4. The number of aryl methyl sites for hydroxylation is 1. The van der Waals surface area contributed by atoms with Gasteiger partial charge in [-0.05, 0) is 48.0 Å². The van der Waals surface area contributed by atoms with Crippen molar-refractivity contribution in [2.45, 2.75) is 33.6 Å². The van der Waals surface area contributed by atoms with Crippen molar-refractivity contribution in [2.24, 2.45) is 0 Å². The third-order valence-corrected chi connectivity index (χ3v) is 3.08. The molecule has 0 aliphatic carbocycles. The van der Waals surface area contributed by atoms with Gasteiger partial charge in [-0.15, -0.1) is 0 Å². The molecule has 0 bridgehead atoms. The maximum atomic E-state index is 10.4. The second kappa shape index (κ2) is 13.1. The van der Waals surface area contributed by atoms with E-state index in [0.29, 0.717) is 18.3 Å². The van der Waals surface area contributed by atoms with Gasteiger partial charge < -0.3 is 19.6 Å². The summed E-state index contributed by atoms with van der Waals surface area (Å²) in [5.41, 5.74) is 3.29. The van der Waals surface area contributed by atoms with E-state index in [1.54, 1.807) is 21.0 Å². The molecule has 0 unspecified atom stereocenters. The highest BCUT2D eigenvalue weighted by atomic mass is 127. The first-order chi connectivity index (χ1) is 11.1. The van der Waals surface area contributed by atoms with Gasteiger partial charge in [0.25, 0.3) is 0 Å². The maximum Gasteiger partial charge on any atom is 0.409 e. The summed E-state index contributed by atoms with van der Waals surface area (Å²) in [5.74, 6) is 0.761. The van der Waals surface area contributed by atoms with Crippen molar-refractivity contribution in [2.75, 3.05) is 44.6 Å². The highest BCUT2D eigenvalue weighted by Crippen LogP contribution is 2.32. The van der Waals surface area contributed by atoms with Gasteiger partial charge in [0.1, 0.15) is 5.75 Å². The number of rotatable bonds is 3. The zero-order chi connectivity index (χ0) is 19.4. The van der Waals surface area contributed by atoms with Crippen molar-refractivity contribution in [3.8, 4) is 5.75 Å². The van der Waals surface area contributed by atoms with E-state index in [1.807, 2.05) is 32.0 Å². The van der Waals surface area contributed by atoms with Crippen LogP contribution in [0.1, 0.15) is 37.8 Å². The Kier molecular flexibility index (Phi) is 13.7. The number of hydrogen-bond donors (Lipinski definition) is 1. The number of aromatic hydroxyl groups is 1. The fourth-order valence-electron chi connectivity index (χ4n) is 1.89. The van der Waals surface area contributed by atoms with Crippen LogP contribution in [0.4, 0.5) is 10.5 Å². The van der Waals surface area contributed by atoms with Crippen molar-refractivity contribution in [1.29, 1.82) is 0 Å². The summed E-state index contributed by atoms with van der Waals surface area (Å²) in [4.78, 5) is 15.9. The number of hydrogen-bond acceptors (Lipinski definition) is 4. The Morgan fingerprint density at radius 2 is 1.71 bits per heavy atom. The molecule has 1 aromatic carbocycles. The molecule has 0 saturated carbocycles. The van der Waals surface area contributed by atoms with E-state index in [-0.39, 0.29) is 6.09 Å². The standard InChI is InChI=1S/C12H19NO.C5H11NO2.CH3I/c1-8(2)10-7-11(13(4)5)9(3)6-12(10)14;1-4-8-5(7)6(2)3;1-2/h6-8,14H,1-5H3;4H2,1-3H3;1H3. The SMILES string of the molecule is CCOC(=O)N(C)C.CI.Cc1cc(O)c(C(C)C)cc1N(C)C. The Morgan fingerprint density at radius 1 is 1.21 bits per heavy atom. The fraction of sp³-hybridized carbons (Fsp3) is 0.611. The molecule has 1 amide bonds. The number of halogens is 1. The molecule has 1 rings (SSSR count). The Balaban J connectivity index is 0. The molecule has 0 saturated heterocycles. The number of amides is 1. The minimum absolute atomic E-state index is 0.285. The molecule has 0 aromatic heterocycles. The number of carbonyl (C=O) groups excluding carboxylic acids is 1. The van der Waals surface area contributed by atoms with Crippen molar-refractivity contribution < 1.29 is 14.6 Å². The van der Waals surface area contributed by atoms with Crippen LogP contribution in [0.15, 0.2) is 12.1 Å². The average Bonchev–Trinajstić information content (AvgIpc) is 2.49. The molecule has 0 atom stereocenters. The van der Waals surface area contributed by atoms with Crippen molar-refractivity contribution >= 4 is 34.4 Å². The Bertz CT molecular complexity index is 460. The number of phenols is 1. The van der Waals surface area contributed by atoms with Crippen molar-refractivity contribution in [1.82, 2.24) is 4.90 Å². The number of alkyl halides is 1. The third kappa shape index (κ3) is 9.20. The second-order valence-electron chi connectivity index (χ2n) is 5.84. The molecular formula is C18H33IN2O3. The molecule has 24 heavy (non-hydrogen) atoms. The molecule has 0 radical (unpaired) electrons. The summed E-state index contributed by atoms with van der Waals surface area (Å²) in [7, 11) is 7.34. The molecule has 0 aliphatic rings. The highest BCUT2D eigenvalue weighted by Gasteiger charge is 2.10. The smallest absolute Gasteiger partial charge is 0.409 e. The van der Waals surface area contributed by atoms with E-state index >= 15 is 0 Å². The van der Waals surface area contributed by atoms with Gasteiger partial charge in [-0.1, -0.05) is 36.4 Å². The Morgan fingerprint density at radius 3 is 2.00 bits per heavy atom. The summed E-state index contributed by atoms with van der Waals surface area (Å²) < 4.78 is 4.59. The molecule has 1 N–H and O–H groups in total. The Labute approximate surface area is 161 Å². The van der Waals surface area contributed by atoms with Crippen LogP contribution in [0.25, 0.3) is 0 Å². The second-order valence-corrected chi connectivity index (χ2v) is 5.84. The van der Waals surface area contributed by atoms with Crippen LogP contribution >= 0.6 is 22.6 Å². The van der Waals surface area contributed by atoms with Crippen molar-refractivity contribution in [3.63, 3.8) is 0 Å². The van der Waals surface area contributed by atoms with Gasteiger partial charge in [-0.2, -0.15) is 0 Å². The van der Waals surface area contributed by atoms with Crippen LogP contribution in [0.5, 0.6) is 5.75 Å². The molecule has 0 fully saturated rings. The normalized spacial score (nSPS) is 9.29. The molecule has 1 aromatic rings. The van der Waals surface area contributed by atoms with Crippen LogP contribution in [-0.4, -0.2) is 55.8 Å². The summed E-state index contributed by atoms with van der Waals surface area (Å²) in [6.45, 7) is 8.41. The predicted octanol–water partition coefficient (Wildman–Crippen LogP) is 4.65. The topological polar surface area (TPSA) is 53.0 Å². The first-order valence-electron chi connectivity index (χ1n) is 7.84. The van der Waals surface area contributed by atoms with E-state index in [9.17, 15) is 9.90 Å². The number of phenolic OH excluding ortho intramolecular Hbond substituents is 1. The first-order valence-corrected chi connectivity index (χ1v) is 10.00. The molecule has 0 aliphatic heterocycles. The lowest BCUT2D eigenvalue weighted by Gasteiger charge is -2.19. The minimum Gasteiger partial charge on any atom is -0.508 e. The molecule has 0 spiro atoms. The van der Waals surface area contributed by atoms with Gasteiger partial charge in [0, 0.05) is 33.9 Å². The monoisotopic (exact) mass is 452 g/mol. The molecular weight excluding hydrogens is 419 g/mol. The summed E-state index contributed by atoms with van der Waals surface area (Å²) in [6.07, 6.45) is -0.285. The predicted molar refractivity (Wildman–Crippen MR) is 112 cm³/mol. The number of benzene rings is 1. The van der Waals surface area contributed by atoms with Crippen LogP contribution in [-0.2, 0) is 4.74 Å². The Hall–Kier alpha value is -1.18. The zero-order valence-corrected chi connectivity index (χ0v) is 18.6. The molecule has 5 nitrogen and oxygen atoms in total. The molecule has 0 heterocycles. The minimum atomic E-state index is -0.285. The van der Waals surface area contributed by atoms with Gasteiger partial charge in [0.2, 0.25) is 0 Å². The summed E-state index contributed by atoms with van der Waals surface area (Å²) in [5, 5.41) is 9.75. The van der Waals surface area contributed by atoms with Gasteiger partial charge in [-0.25, -0.2) is 4.79 Å². The number of anilines is 1. The first kappa shape index (κ1) is 25.1. The number of ether oxygens (including phenoxy) is 1. The average molecular weight is 452 g/mol. The number of carbonyl (C=O) groups is 1. The summed E-state index contributed by atoms with van der Waals surface area (Å²) in [6, 6.07) is 3.90. The largest absolute Gasteiger partial charge is 0.508 e. The number of nitrogens with zero attached hydrogens (tertiary/aromatic N) is 2. The third-order valence-electron chi connectivity index (χ3n) is 3.08. The fourth-order valence-corrected chi connectivity index (χ4v) is 1.89. The molecule has 6 heteroatoms.